The molecule has 0 spiro atoms. The van der Waals surface area contributed by atoms with Crippen LogP contribution in [0.15, 0.2) is 35.7 Å². The summed E-state index contributed by atoms with van der Waals surface area (Å²) < 4.78 is 5.12. The third-order valence-corrected chi connectivity index (χ3v) is 4.05. The lowest BCUT2D eigenvalue weighted by Gasteiger charge is -2.14. The molecule has 0 saturated carbocycles. The molecule has 1 amide bonds. The SMILES string of the molecule is COc1ccc(C(C)NC(=O)c2sccc2C)cc1. The van der Waals surface area contributed by atoms with Crippen LogP contribution < -0.4 is 10.1 Å². The van der Waals surface area contributed by atoms with Crippen molar-refractivity contribution in [2.45, 2.75) is 19.9 Å². The molecule has 2 aromatic rings. The van der Waals surface area contributed by atoms with E-state index >= 15 is 0 Å². The molecule has 1 aromatic heterocycles. The Balaban J connectivity index is 2.06. The van der Waals surface area contributed by atoms with Gasteiger partial charge in [-0.3, -0.25) is 4.79 Å². The molecule has 0 saturated heterocycles. The van der Waals surface area contributed by atoms with Crippen molar-refractivity contribution < 1.29 is 9.53 Å². The van der Waals surface area contributed by atoms with Crippen LogP contribution in [0.5, 0.6) is 5.75 Å². The summed E-state index contributed by atoms with van der Waals surface area (Å²) in [6.45, 7) is 3.92. The van der Waals surface area contributed by atoms with Gasteiger partial charge in [0.15, 0.2) is 0 Å². The average Bonchev–Trinajstić information content (AvgIpc) is 2.85. The van der Waals surface area contributed by atoms with E-state index in [9.17, 15) is 4.79 Å². The lowest BCUT2D eigenvalue weighted by molar-refractivity contribution is 0.0943. The molecule has 1 atom stereocenters. The van der Waals surface area contributed by atoms with Crippen LogP contribution in [-0.2, 0) is 0 Å². The van der Waals surface area contributed by atoms with Crippen molar-refractivity contribution in [1.29, 1.82) is 0 Å². The van der Waals surface area contributed by atoms with Gasteiger partial charge in [0.05, 0.1) is 18.0 Å². The van der Waals surface area contributed by atoms with Crippen LogP contribution in [0.4, 0.5) is 0 Å². The average molecular weight is 275 g/mol. The molecule has 0 aliphatic heterocycles. The van der Waals surface area contributed by atoms with E-state index in [4.69, 9.17) is 4.74 Å². The Morgan fingerprint density at radius 3 is 2.47 bits per heavy atom. The summed E-state index contributed by atoms with van der Waals surface area (Å²) >= 11 is 1.47. The summed E-state index contributed by atoms with van der Waals surface area (Å²) in [7, 11) is 1.64. The molecule has 100 valence electrons. The summed E-state index contributed by atoms with van der Waals surface area (Å²) in [6.07, 6.45) is 0. The van der Waals surface area contributed by atoms with Crippen molar-refractivity contribution >= 4 is 17.2 Å². The lowest BCUT2D eigenvalue weighted by atomic mass is 10.1. The van der Waals surface area contributed by atoms with Gasteiger partial charge in [-0.2, -0.15) is 0 Å². The number of hydrogen-bond donors (Lipinski definition) is 1. The Kier molecular flexibility index (Phi) is 4.22. The fourth-order valence-electron chi connectivity index (χ4n) is 1.84. The Bertz CT molecular complexity index is 560. The number of ether oxygens (including phenoxy) is 1. The van der Waals surface area contributed by atoms with Crippen LogP contribution in [0, 0.1) is 6.92 Å². The number of aryl methyl sites for hydroxylation is 1. The maximum absolute atomic E-state index is 12.1. The first kappa shape index (κ1) is 13.6. The van der Waals surface area contributed by atoms with E-state index in [0.717, 1.165) is 21.8 Å². The van der Waals surface area contributed by atoms with E-state index in [-0.39, 0.29) is 11.9 Å². The summed E-state index contributed by atoms with van der Waals surface area (Å²) in [5.74, 6) is 0.798. The van der Waals surface area contributed by atoms with Crippen LogP contribution in [-0.4, -0.2) is 13.0 Å². The number of amides is 1. The van der Waals surface area contributed by atoms with E-state index in [0.29, 0.717) is 0 Å². The summed E-state index contributed by atoms with van der Waals surface area (Å²) in [4.78, 5) is 12.9. The molecule has 3 nitrogen and oxygen atoms in total. The number of carbonyl (C=O) groups is 1. The number of thiophene rings is 1. The minimum absolute atomic E-state index is 0.0178. The van der Waals surface area contributed by atoms with Gasteiger partial charge in [0, 0.05) is 0 Å². The smallest absolute Gasteiger partial charge is 0.262 e. The molecule has 0 radical (unpaired) electrons. The second kappa shape index (κ2) is 5.89. The predicted molar refractivity (Wildman–Crippen MR) is 77.9 cm³/mol. The third-order valence-electron chi connectivity index (χ3n) is 3.03. The van der Waals surface area contributed by atoms with Crippen LogP contribution >= 0.6 is 11.3 Å². The quantitative estimate of drug-likeness (QED) is 0.926. The molecule has 1 N–H and O–H groups in total. The molecular weight excluding hydrogens is 258 g/mol. The van der Waals surface area contributed by atoms with Crippen molar-refractivity contribution in [3.63, 3.8) is 0 Å². The number of benzene rings is 1. The first-order valence-corrected chi connectivity index (χ1v) is 6.98. The maximum atomic E-state index is 12.1. The van der Waals surface area contributed by atoms with E-state index in [2.05, 4.69) is 5.32 Å². The van der Waals surface area contributed by atoms with E-state index < -0.39 is 0 Å². The second-order valence-electron chi connectivity index (χ2n) is 4.40. The van der Waals surface area contributed by atoms with Crippen molar-refractivity contribution in [2.75, 3.05) is 7.11 Å². The Morgan fingerprint density at radius 1 is 1.26 bits per heavy atom. The first-order valence-electron chi connectivity index (χ1n) is 6.10. The highest BCUT2D eigenvalue weighted by Crippen LogP contribution is 2.20. The summed E-state index contributed by atoms with van der Waals surface area (Å²) in [5, 5.41) is 4.94. The molecule has 0 aliphatic rings. The lowest BCUT2D eigenvalue weighted by Crippen LogP contribution is -2.26. The van der Waals surface area contributed by atoms with Gasteiger partial charge in [-0.25, -0.2) is 0 Å². The third kappa shape index (κ3) is 3.15. The largest absolute Gasteiger partial charge is 0.497 e. The van der Waals surface area contributed by atoms with E-state index in [1.807, 2.05) is 49.6 Å². The van der Waals surface area contributed by atoms with Crippen LogP contribution in [0.1, 0.15) is 33.8 Å². The molecular formula is C15H17NO2S. The molecule has 0 fully saturated rings. The van der Waals surface area contributed by atoms with Crippen LogP contribution in [0.3, 0.4) is 0 Å². The molecule has 19 heavy (non-hydrogen) atoms. The number of rotatable bonds is 4. The van der Waals surface area contributed by atoms with Crippen molar-refractivity contribution in [3.05, 3.63) is 51.7 Å². The second-order valence-corrected chi connectivity index (χ2v) is 5.32. The van der Waals surface area contributed by atoms with Crippen LogP contribution in [0.25, 0.3) is 0 Å². The van der Waals surface area contributed by atoms with E-state index in [1.165, 1.54) is 11.3 Å². The number of carbonyl (C=O) groups excluding carboxylic acids is 1. The van der Waals surface area contributed by atoms with Gasteiger partial charge in [0.25, 0.3) is 5.91 Å². The predicted octanol–water partition coefficient (Wildman–Crippen LogP) is 3.56. The molecule has 4 heteroatoms. The molecule has 2 rings (SSSR count). The van der Waals surface area contributed by atoms with Gasteiger partial charge >= 0.3 is 0 Å². The van der Waals surface area contributed by atoms with Gasteiger partial charge < -0.3 is 10.1 Å². The van der Waals surface area contributed by atoms with Gasteiger partial charge in [-0.05, 0) is 48.6 Å². The number of nitrogens with one attached hydrogen (secondary N) is 1. The zero-order valence-electron chi connectivity index (χ0n) is 11.3. The standard InChI is InChI=1S/C15H17NO2S/c1-10-8-9-19-14(10)15(17)16-11(2)12-4-6-13(18-3)7-5-12/h4-9,11H,1-3H3,(H,16,17). The number of methoxy groups -OCH3 is 1. The maximum Gasteiger partial charge on any atom is 0.262 e. The highest BCUT2D eigenvalue weighted by atomic mass is 32.1. The van der Waals surface area contributed by atoms with Gasteiger partial charge in [0.2, 0.25) is 0 Å². The molecule has 1 heterocycles. The normalized spacial score (nSPS) is 11.9. The minimum Gasteiger partial charge on any atom is -0.497 e. The summed E-state index contributed by atoms with van der Waals surface area (Å²) in [6, 6.07) is 9.65. The zero-order chi connectivity index (χ0) is 13.8. The van der Waals surface area contributed by atoms with Crippen molar-refractivity contribution in [3.8, 4) is 5.75 Å². The van der Waals surface area contributed by atoms with Crippen molar-refractivity contribution in [1.82, 2.24) is 5.32 Å². The van der Waals surface area contributed by atoms with Gasteiger partial charge in [-0.1, -0.05) is 12.1 Å². The van der Waals surface area contributed by atoms with Gasteiger partial charge in [0.1, 0.15) is 5.75 Å². The molecule has 1 aromatic carbocycles. The highest BCUT2D eigenvalue weighted by Gasteiger charge is 2.14. The fraction of sp³-hybridized carbons (Fsp3) is 0.267. The first-order chi connectivity index (χ1) is 9.11. The molecule has 1 unspecified atom stereocenters. The van der Waals surface area contributed by atoms with Crippen LogP contribution in [0.2, 0.25) is 0 Å². The highest BCUT2D eigenvalue weighted by molar-refractivity contribution is 7.12. The monoisotopic (exact) mass is 275 g/mol. The zero-order valence-corrected chi connectivity index (χ0v) is 12.1. The molecule has 0 aliphatic carbocycles. The minimum atomic E-state index is -0.0279. The Labute approximate surface area is 117 Å². The number of hydrogen-bond acceptors (Lipinski definition) is 3. The Morgan fingerprint density at radius 2 is 1.95 bits per heavy atom. The topological polar surface area (TPSA) is 38.3 Å². The Hall–Kier alpha value is -1.81. The summed E-state index contributed by atoms with van der Waals surface area (Å²) in [5.41, 5.74) is 2.08. The van der Waals surface area contributed by atoms with Gasteiger partial charge in [-0.15, -0.1) is 11.3 Å². The van der Waals surface area contributed by atoms with Crippen molar-refractivity contribution in [2.24, 2.45) is 0 Å². The fourth-order valence-corrected chi connectivity index (χ4v) is 2.67. The van der Waals surface area contributed by atoms with E-state index in [1.54, 1.807) is 7.11 Å². The molecule has 0 bridgehead atoms.